The van der Waals surface area contributed by atoms with Crippen molar-refractivity contribution in [2.75, 3.05) is 5.75 Å². The first-order valence-electron chi connectivity index (χ1n) is 4.94. The maximum Gasteiger partial charge on any atom is 0.221 e. The molecule has 0 saturated heterocycles. The Hall–Kier alpha value is -0.180. The van der Waals surface area contributed by atoms with E-state index in [1.54, 1.807) is 0 Å². The maximum absolute atomic E-state index is 11.3. The van der Waals surface area contributed by atoms with Crippen molar-refractivity contribution in [2.24, 2.45) is 5.41 Å². The molecule has 1 amide bonds. The molecule has 0 aromatic carbocycles. The van der Waals surface area contributed by atoms with Crippen molar-refractivity contribution < 1.29 is 4.79 Å². The van der Waals surface area contributed by atoms with Crippen LogP contribution >= 0.6 is 12.6 Å². The summed E-state index contributed by atoms with van der Waals surface area (Å²) in [5.74, 6) is 0.791. The van der Waals surface area contributed by atoms with Gasteiger partial charge in [0.1, 0.15) is 0 Å². The fourth-order valence-electron chi connectivity index (χ4n) is 1.96. The highest BCUT2D eigenvalue weighted by Crippen LogP contribution is 2.36. The zero-order valence-corrected chi connectivity index (χ0v) is 9.36. The lowest BCUT2D eigenvalue weighted by molar-refractivity contribution is -0.121. The van der Waals surface area contributed by atoms with E-state index in [1.807, 2.05) is 0 Å². The van der Waals surface area contributed by atoms with Crippen LogP contribution in [0.5, 0.6) is 0 Å². The number of amides is 1. The third kappa shape index (κ3) is 3.59. The second-order valence-corrected chi connectivity index (χ2v) is 5.09. The normalized spacial score (nSPS) is 25.9. The van der Waals surface area contributed by atoms with Crippen molar-refractivity contribution in [3.63, 3.8) is 0 Å². The second-order valence-electron chi connectivity index (χ2n) is 4.65. The number of nitrogens with one attached hydrogen (secondary N) is 1. The Bertz CT molecular complexity index is 191. The summed E-state index contributed by atoms with van der Waals surface area (Å²) in [6.45, 7) is 4.52. The van der Waals surface area contributed by atoms with Crippen LogP contribution in [-0.4, -0.2) is 17.7 Å². The fourth-order valence-corrected chi connectivity index (χ4v) is 2.16. The van der Waals surface area contributed by atoms with Crippen LogP contribution in [0.3, 0.4) is 0 Å². The molecule has 0 aromatic heterocycles. The zero-order chi connectivity index (χ0) is 9.90. The smallest absolute Gasteiger partial charge is 0.221 e. The van der Waals surface area contributed by atoms with Crippen molar-refractivity contribution in [1.82, 2.24) is 5.32 Å². The molecule has 0 aromatic rings. The quantitative estimate of drug-likeness (QED) is 0.672. The van der Waals surface area contributed by atoms with Gasteiger partial charge in [-0.1, -0.05) is 13.8 Å². The molecule has 1 atom stereocenters. The first kappa shape index (κ1) is 10.9. The summed E-state index contributed by atoms with van der Waals surface area (Å²) in [7, 11) is 0. The van der Waals surface area contributed by atoms with Gasteiger partial charge in [0.25, 0.3) is 0 Å². The maximum atomic E-state index is 11.3. The largest absolute Gasteiger partial charge is 0.353 e. The molecule has 0 radical (unpaired) electrons. The predicted molar refractivity (Wildman–Crippen MR) is 58.0 cm³/mol. The summed E-state index contributed by atoms with van der Waals surface area (Å²) in [4.78, 5) is 11.3. The highest BCUT2D eigenvalue weighted by atomic mass is 32.1. The van der Waals surface area contributed by atoms with Gasteiger partial charge < -0.3 is 5.32 Å². The van der Waals surface area contributed by atoms with Crippen molar-refractivity contribution in [3.8, 4) is 0 Å². The average Bonchev–Trinajstić information content (AvgIpc) is 2.30. The number of thiol groups is 1. The third-order valence-electron chi connectivity index (χ3n) is 2.67. The minimum Gasteiger partial charge on any atom is -0.353 e. The van der Waals surface area contributed by atoms with Crippen LogP contribution in [-0.2, 0) is 4.79 Å². The van der Waals surface area contributed by atoms with Gasteiger partial charge in [-0.05, 0) is 30.4 Å². The minimum atomic E-state index is 0.151. The van der Waals surface area contributed by atoms with E-state index in [0.29, 0.717) is 23.6 Å². The molecule has 1 N–H and O–H groups in total. The zero-order valence-electron chi connectivity index (χ0n) is 8.47. The molecule has 1 rings (SSSR count). The summed E-state index contributed by atoms with van der Waals surface area (Å²) in [6.07, 6.45) is 4.01. The van der Waals surface area contributed by atoms with Crippen LogP contribution in [0, 0.1) is 5.41 Å². The molecule has 3 heteroatoms. The number of rotatable bonds is 3. The lowest BCUT2D eigenvalue weighted by Crippen LogP contribution is -2.33. The van der Waals surface area contributed by atoms with Crippen molar-refractivity contribution in [3.05, 3.63) is 0 Å². The molecule has 76 valence electrons. The summed E-state index contributed by atoms with van der Waals surface area (Å²) in [6, 6.07) is 0.405. The van der Waals surface area contributed by atoms with Gasteiger partial charge in [0.2, 0.25) is 5.91 Å². The van der Waals surface area contributed by atoms with E-state index in [2.05, 4.69) is 31.8 Å². The Morgan fingerprint density at radius 3 is 2.77 bits per heavy atom. The Labute approximate surface area is 85.9 Å². The van der Waals surface area contributed by atoms with Crippen LogP contribution in [0.2, 0.25) is 0 Å². The van der Waals surface area contributed by atoms with Gasteiger partial charge in [-0.2, -0.15) is 12.6 Å². The van der Waals surface area contributed by atoms with E-state index in [4.69, 9.17) is 0 Å². The molecule has 0 heterocycles. The molecular formula is C10H19NOS. The number of hydrogen-bond donors (Lipinski definition) is 2. The molecule has 1 aliphatic carbocycles. The number of hydrogen-bond acceptors (Lipinski definition) is 2. The highest BCUT2D eigenvalue weighted by molar-refractivity contribution is 7.80. The molecule has 1 saturated carbocycles. The molecule has 0 bridgehead atoms. The van der Waals surface area contributed by atoms with Crippen LogP contribution in [0.25, 0.3) is 0 Å². The molecule has 13 heavy (non-hydrogen) atoms. The lowest BCUT2D eigenvalue weighted by atomic mass is 9.92. The summed E-state index contributed by atoms with van der Waals surface area (Å²) in [5.41, 5.74) is 0.416. The van der Waals surface area contributed by atoms with E-state index in [9.17, 15) is 4.79 Å². The fraction of sp³-hybridized carbons (Fsp3) is 0.900. The minimum absolute atomic E-state index is 0.151. The lowest BCUT2D eigenvalue weighted by Gasteiger charge is -2.17. The van der Waals surface area contributed by atoms with Gasteiger partial charge in [0, 0.05) is 12.5 Å². The third-order valence-corrected chi connectivity index (χ3v) is 2.90. The second kappa shape index (κ2) is 4.36. The molecule has 1 unspecified atom stereocenters. The van der Waals surface area contributed by atoms with Gasteiger partial charge in [0.15, 0.2) is 0 Å². The Morgan fingerprint density at radius 1 is 1.62 bits per heavy atom. The standard InChI is InChI=1S/C10H19NOS/c1-10(2)5-3-8(7-10)11-9(12)4-6-13/h8,13H,3-7H2,1-2H3,(H,11,12). The van der Waals surface area contributed by atoms with Gasteiger partial charge >= 0.3 is 0 Å². The predicted octanol–water partition coefficient (Wildman–Crippen LogP) is 2.00. The Morgan fingerprint density at radius 2 is 2.31 bits per heavy atom. The van der Waals surface area contributed by atoms with Crippen molar-refractivity contribution in [2.45, 2.75) is 45.6 Å². The van der Waals surface area contributed by atoms with Crippen LogP contribution < -0.4 is 5.32 Å². The monoisotopic (exact) mass is 201 g/mol. The van der Waals surface area contributed by atoms with E-state index >= 15 is 0 Å². The molecular weight excluding hydrogens is 182 g/mol. The molecule has 0 spiro atoms. The highest BCUT2D eigenvalue weighted by Gasteiger charge is 2.31. The van der Waals surface area contributed by atoms with Crippen LogP contribution in [0.1, 0.15) is 39.5 Å². The number of carbonyl (C=O) groups excluding carboxylic acids is 1. The van der Waals surface area contributed by atoms with E-state index < -0.39 is 0 Å². The first-order valence-corrected chi connectivity index (χ1v) is 5.57. The van der Waals surface area contributed by atoms with E-state index in [-0.39, 0.29) is 5.91 Å². The summed E-state index contributed by atoms with van der Waals surface area (Å²) >= 11 is 4.03. The molecule has 0 aliphatic heterocycles. The van der Waals surface area contributed by atoms with Crippen molar-refractivity contribution in [1.29, 1.82) is 0 Å². The van der Waals surface area contributed by atoms with Crippen LogP contribution in [0.4, 0.5) is 0 Å². The van der Waals surface area contributed by atoms with Gasteiger partial charge in [0.05, 0.1) is 0 Å². The van der Waals surface area contributed by atoms with Gasteiger partial charge in [-0.25, -0.2) is 0 Å². The topological polar surface area (TPSA) is 29.1 Å². The molecule has 1 aliphatic rings. The van der Waals surface area contributed by atoms with Crippen molar-refractivity contribution >= 4 is 18.5 Å². The molecule has 2 nitrogen and oxygen atoms in total. The summed E-state index contributed by atoms with van der Waals surface area (Å²) in [5, 5.41) is 3.05. The molecule has 1 fully saturated rings. The summed E-state index contributed by atoms with van der Waals surface area (Å²) < 4.78 is 0. The Balaban J connectivity index is 2.28. The van der Waals surface area contributed by atoms with E-state index in [1.165, 1.54) is 6.42 Å². The first-order chi connectivity index (χ1) is 6.03. The van der Waals surface area contributed by atoms with Gasteiger partial charge in [-0.3, -0.25) is 4.79 Å². The average molecular weight is 201 g/mol. The van der Waals surface area contributed by atoms with Crippen LogP contribution in [0.15, 0.2) is 0 Å². The number of carbonyl (C=O) groups is 1. The van der Waals surface area contributed by atoms with E-state index in [0.717, 1.165) is 12.8 Å². The Kier molecular flexibility index (Phi) is 3.65. The SMILES string of the molecule is CC1(C)CCC(NC(=O)CCS)C1. The van der Waals surface area contributed by atoms with Gasteiger partial charge in [-0.15, -0.1) is 0 Å².